The molecule has 5 aromatic rings. The first-order chi connectivity index (χ1) is 22.1. The molecule has 0 bridgehead atoms. The van der Waals surface area contributed by atoms with Crippen LogP contribution >= 0.6 is 0 Å². The summed E-state index contributed by atoms with van der Waals surface area (Å²) < 4.78 is 11.9. The van der Waals surface area contributed by atoms with Crippen molar-refractivity contribution >= 4 is 23.9 Å². The highest BCUT2D eigenvalue weighted by Crippen LogP contribution is 2.38. The number of benzene rings is 5. The molecule has 0 spiro atoms. The van der Waals surface area contributed by atoms with Crippen LogP contribution in [0.4, 0.5) is 0 Å². The third-order valence-electron chi connectivity index (χ3n) is 6.64. The molecule has 10 heteroatoms. The van der Waals surface area contributed by atoms with Crippen LogP contribution in [-0.4, -0.2) is 44.3 Å². The Balaban J connectivity index is 1.53. The minimum atomic E-state index is -1.44. The lowest BCUT2D eigenvalue weighted by molar-refractivity contribution is 0.0651. The second-order valence-corrected chi connectivity index (χ2v) is 9.69. The van der Waals surface area contributed by atoms with E-state index in [1.54, 1.807) is 36.4 Å². The van der Waals surface area contributed by atoms with Crippen LogP contribution in [0.5, 0.6) is 23.0 Å². The molecule has 0 aliphatic rings. The van der Waals surface area contributed by atoms with Crippen LogP contribution in [0, 0.1) is 11.8 Å². The van der Waals surface area contributed by atoms with Crippen LogP contribution in [0.2, 0.25) is 0 Å². The topological polar surface area (TPSA) is 168 Å². The van der Waals surface area contributed by atoms with Gasteiger partial charge in [0.05, 0.1) is 22.3 Å². The van der Waals surface area contributed by atoms with Crippen molar-refractivity contribution in [3.63, 3.8) is 0 Å². The third-order valence-corrected chi connectivity index (χ3v) is 6.64. The first-order valence-corrected chi connectivity index (χ1v) is 13.5. The van der Waals surface area contributed by atoms with Gasteiger partial charge in [-0.1, -0.05) is 42.2 Å². The van der Waals surface area contributed by atoms with E-state index in [-0.39, 0.29) is 23.0 Å². The van der Waals surface area contributed by atoms with Crippen molar-refractivity contribution in [3.8, 4) is 46.0 Å². The Kier molecular flexibility index (Phi) is 8.78. The fourth-order valence-electron chi connectivity index (χ4n) is 4.45. The van der Waals surface area contributed by atoms with E-state index < -0.39 is 46.1 Å². The molecule has 226 valence electrons. The van der Waals surface area contributed by atoms with Gasteiger partial charge in [-0.3, -0.25) is 0 Å². The van der Waals surface area contributed by atoms with Gasteiger partial charge in [-0.2, -0.15) is 0 Å². The maximum Gasteiger partial charge on any atom is 0.336 e. The number of carbonyl (C=O) groups is 4. The Morgan fingerprint density at radius 2 is 0.913 bits per heavy atom. The lowest BCUT2D eigenvalue weighted by Gasteiger charge is -2.15. The normalized spacial score (nSPS) is 10.3. The van der Waals surface area contributed by atoms with Gasteiger partial charge in [0.1, 0.15) is 23.0 Å². The Morgan fingerprint density at radius 3 is 1.43 bits per heavy atom. The molecule has 0 heterocycles. The van der Waals surface area contributed by atoms with Crippen molar-refractivity contribution in [1.82, 2.24) is 0 Å². The Bertz CT molecular complexity index is 2050. The Labute approximate surface area is 261 Å². The van der Waals surface area contributed by atoms with Crippen molar-refractivity contribution in [2.24, 2.45) is 0 Å². The van der Waals surface area contributed by atoms with E-state index in [1.165, 1.54) is 18.2 Å². The zero-order chi connectivity index (χ0) is 32.8. The first-order valence-electron chi connectivity index (χ1n) is 13.5. The van der Waals surface area contributed by atoms with Crippen LogP contribution in [0.25, 0.3) is 11.1 Å². The minimum absolute atomic E-state index is 0.0676. The maximum atomic E-state index is 11.7. The number of carboxylic acid groups (broad SMARTS) is 4. The number of rotatable bonds is 9. The number of carboxylic acids is 4. The van der Waals surface area contributed by atoms with E-state index in [0.717, 1.165) is 35.4 Å². The average Bonchev–Trinajstić information content (AvgIpc) is 3.05. The summed E-state index contributed by atoms with van der Waals surface area (Å²) in [5.74, 6) is 1.18. The molecule has 0 aliphatic carbocycles. The SMILES string of the molecule is O=C(O)c1ccc(Oc2ccc(Oc3ccc(C(=O)O)c(C(=O)O)c3)c(-c3ccc(C#Cc4ccccc4)cc3)c2)cc1C(=O)O. The maximum absolute atomic E-state index is 11.7. The van der Waals surface area contributed by atoms with Gasteiger partial charge in [0, 0.05) is 16.7 Å². The monoisotopic (exact) mass is 614 g/mol. The van der Waals surface area contributed by atoms with Crippen LogP contribution in [0.3, 0.4) is 0 Å². The molecule has 0 fully saturated rings. The summed E-state index contributed by atoms with van der Waals surface area (Å²) in [5, 5.41) is 37.7. The van der Waals surface area contributed by atoms with Crippen molar-refractivity contribution in [3.05, 3.63) is 143 Å². The first kappa shape index (κ1) is 30.6. The van der Waals surface area contributed by atoms with Gasteiger partial charge in [-0.05, 0) is 84.4 Å². The molecule has 0 unspecified atom stereocenters. The lowest BCUT2D eigenvalue weighted by atomic mass is 10.0. The molecule has 0 aliphatic heterocycles. The lowest BCUT2D eigenvalue weighted by Crippen LogP contribution is -2.08. The van der Waals surface area contributed by atoms with Gasteiger partial charge in [-0.25, -0.2) is 19.2 Å². The molecular formula is C36H22O10. The van der Waals surface area contributed by atoms with E-state index in [4.69, 9.17) is 9.47 Å². The highest BCUT2D eigenvalue weighted by molar-refractivity contribution is 6.02. The molecule has 46 heavy (non-hydrogen) atoms. The standard InChI is InChI=1S/C36H22O10/c37-33(38)27-15-12-24(19-30(27)35(41)42)45-25-14-17-32(46-26-13-16-28(34(39)40)31(20-26)36(43)44)29(18-25)23-10-8-22(9-11-23)7-6-21-4-2-1-3-5-21/h1-5,8-20H,(H,37,38)(H,39,40)(H,41,42)(H,43,44). The fourth-order valence-corrected chi connectivity index (χ4v) is 4.45. The zero-order valence-electron chi connectivity index (χ0n) is 23.6. The molecule has 5 aromatic carbocycles. The number of hydrogen-bond donors (Lipinski definition) is 4. The summed E-state index contributed by atoms with van der Waals surface area (Å²) in [6.45, 7) is 0. The van der Waals surface area contributed by atoms with Crippen LogP contribution < -0.4 is 9.47 Å². The smallest absolute Gasteiger partial charge is 0.336 e. The molecule has 4 N–H and O–H groups in total. The van der Waals surface area contributed by atoms with Crippen molar-refractivity contribution < 1.29 is 49.1 Å². The van der Waals surface area contributed by atoms with Crippen LogP contribution in [0.15, 0.2) is 109 Å². The van der Waals surface area contributed by atoms with Crippen LogP contribution in [-0.2, 0) is 0 Å². The summed E-state index contributed by atoms with van der Waals surface area (Å²) in [7, 11) is 0. The third kappa shape index (κ3) is 7.02. The quantitative estimate of drug-likeness (QED) is 0.125. The Hall–Kier alpha value is -6.86. The van der Waals surface area contributed by atoms with E-state index in [1.807, 2.05) is 30.3 Å². The largest absolute Gasteiger partial charge is 0.478 e. The summed E-state index contributed by atoms with van der Waals surface area (Å²) in [5.41, 5.74) is 1.03. The molecule has 0 saturated heterocycles. The van der Waals surface area contributed by atoms with Gasteiger partial charge in [-0.15, -0.1) is 0 Å². The van der Waals surface area contributed by atoms with Crippen LogP contribution in [0.1, 0.15) is 52.6 Å². The van der Waals surface area contributed by atoms with E-state index in [0.29, 0.717) is 11.1 Å². The number of aromatic carboxylic acids is 4. The van der Waals surface area contributed by atoms with E-state index in [9.17, 15) is 39.6 Å². The molecule has 0 radical (unpaired) electrons. The summed E-state index contributed by atoms with van der Waals surface area (Å²) in [6, 6.07) is 28.5. The molecule has 0 atom stereocenters. The highest BCUT2D eigenvalue weighted by Gasteiger charge is 2.20. The second kappa shape index (κ2) is 13.2. The van der Waals surface area contributed by atoms with Crippen molar-refractivity contribution in [2.45, 2.75) is 0 Å². The van der Waals surface area contributed by atoms with Crippen molar-refractivity contribution in [1.29, 1.82) is 0 Å². The molecule has 5 rings (SSSR count). The average molecular weight is 615 g/mol. The molecule has 0 saturated carbocycles. The van der Waals surface area contributed by atoms with Gasteiger partial charge in [0.15, 0.2) is 0 Å². The summed E-state index contributed by atoms with van der Waals surface area (Å²) in [6.07, 6.45) is 0. The molecular weight excluding hydrogens is 592 g/mol. The summed E-state index contributed by atoms with van der Waals surface area (Å²) >= 11 is 0. The zero-order valence-corrected chi connectivity index (χ0v) is 23.6. The predicted molar refractivity (Wildman–Crippen MR) is 165 cm³/mol. The van der Waals surface area contributed by atoms with Crippen molar-refractivity contribution in [2.75, 3.05) is 0 Å². The van der Waals surface area contributed by atoms with E-state index >= 15 is 0 Å². The minimum Gasteiger partial charge on any atom is -0.478 e. The second-order valence-electron chi connectivity index (χ2n) is 9.69. The molecule has 10 nitrogen and oxygen atoms in total. The van der Waals surface area contributed by atoms with Gasteiger partial charge >= 0.3 is 23.9 Å². The number of ether oxygens (including phenoxy) is 2. The molecule has 0 amide bonds. The van der Waals surface area contributed by atoms with Gasteiger partial charge in [0.25, 0.3) is 0 Å². The van der Waals surface area contributed by atoms with Gasteiger partial charge < -0.3 is 29.9 Å². The fraction of sp³-hybridized carbons (Fsp3) is 0. The van der Waals surface area contributed by atoms with E-state index in [2.05, 4.69) is 11.8 Å². The Morgan fingerprint density at radius 1 is 0.457 bits per heavy atom. The highest BCUT2D eigenvalue weighted by atomic mass is 16.5. The molecule has 0 aromatic heterocycles. The number of hydrogen-bond acceptors (Lipinski definition) is 6. The summed E-state index contributed by atoms with van der Waals surface area (Å²) in [4.78, 5) is 46.3. The van der Waals surface area contributed by atoms with Gasteiger partial charge in [0.2, 0.25) is 0 Å². The predicted octanol–water partition coefficient (Wildman–Crippen LogP) is 7.13.